The van der Waals surface area contributed by atoms with Crippen molar-refractivity contribution in [3.05, 3.63) is 93.8 Å². The van der Waals surface area contributed by atoms with Crippen LogP contribution in [-0.2, 0) is 41.6 Å². The van der Waals surface area contributed by atoms with Gasteiger partial charge in [-0.15, -0.1) is 11.3 Å². The zero-order valence-corrected chi connectivity index (χ0v) is 36.2. The number of aromatic nitrogens is 2. The summed E-state index contributed by atoms with van der Waals surface area (Å²) in [5.41, 5.74) is 1.56. The van der Waals surface area contributed by atoms with Crippen molar-refractivity contribution in [2.45, 2.75) is 70.1 Å². The molecule has 2 aliphatic heterocycles. The first kappa shape index (κ1) is 45.5. The van der Waals surface area contributed by atoms with Gasteiger partial charge in [0.1, 0.15) is 11.9 Å². The first-order valence-electron chi connectivity index (χ1n) is 21.0. The fourth-order valence-electron chi connectivity index (χ4n) is 8.03. The highest BCUT2D eigenvalue weighted by molar-refractivity contribution is 7.13. The van der Waals surface area contributed by atoms with Crippen molar-refractivity contribution in [3.63, 3.8) is 0 Å². The number of imide groups is 1. The molecule has 0 bridgehead atoms. The van der Waals surface area contributed by atoms with Crippen LogP contribution < -0.4 is 31.3 Å². The number of benzene rings is 2. The number of hydrogen-bond donors (Lipinski definition) is 5. The molecular weight excluding hydrogens is 855 g/mol. The van der Waals surface area contributed by atoms with Gasteiger partial charge in [-0.25, -0.2) is 14.4 Å². The largest absolute Gasteiger partial charge is 0.487 e. The molecule has 2 aromatic carbocycles. The van der Waals surface area contributed by atoms with Gasteiger partial charge in [-0.3, -0.25) is 29.3 Å². The van der Waals surface area contributed by atoms with E-state index in [2.05, 4.69) is 31.6 Å². The summed E-state index contributed by atoms with van der Waals surface area (Å²) in [6.45, 7) is 2.49. The fraction of sp³-hybridized carbons (Fsp3) is 0.432. The number of anilines is 3. The summed E-state index contributed by atoms with van der Waals surface area (Å²) in [6, 6.07) is 14.7. The average molecular weight is 905 g/mol. The lowest BCUT2D eigenvalue weighted by atomic mass is 9.69. The molecule has 1 aliphatic carbocycles. The van der Waals surface area contributed by atoms with Crippen molar-refractivity contribution < 1.29 is 42.6 Å². The van der Waals surface area contributed by atoms with Crippen molar-refractivity contribution in [2.75, 3.05) is 56.7 Å². The molecule has 0 spiro atoms. The molecule has 1 saturated carbocycles. The van der Waals surface area contributed by atoms with Crippen LogP contribution in [0.3, 0.4) is 0 Å². The van der Waals surface area contributed by atoms with E-state index < -0.39 is 23.2 Å². The highest BCUT2D eigenvalue weighted by Gasteiger charge is 2.43. The third-order valence-electron chi connectivity index (χ3n) is 11.3. The van der Waals surface area contributed by atoms with Crippen LogP contribution in [0.15, 0.2) is 66.2 Å². The lowest BCUT2D eigenvalue weighted by Gasteiger charge is -2.39. The predicted octanol–water partition coefficient (Wildman–Crippen LogP) is 5.15. The number of pyridine rings is 1. The van der Waals surface area contributed by atoms with Crippen LogP contribution in [0, 0.1) is 11.2 Å². The molecule has 1 saturated heterocycles. The molecule has 2 aromatic heterocycles. The average Bonchev–Trinajstić information content (AvgIpc) is 3.91. The first-order valence-corrected chi connectivity index (χ1v) is 22.3. The molecule has 63 heavy (non-hydrogen) atoms. The molecule has 16 nitrogen and oxygen atoms in total. The quantitative estimate of drug-likeness (QED) is 0.0545. The van der Waals surface area contributed by atoms with Crippen LogP contribution in [0.5, 0.6) is 5.75 Å². The molecule has 1 unspecified atom stereocenters. The molecule has 5 amide bonds. The van der Waals surface area contributed by atoms with E-state index in [-0.39, 0.29) is 66.4 Å². The molecule has 5 N–H and O–H groups in total. The number of amides is 5. The molecule has 3 aliphatic rings. The van der Waals surface area contributed by atoms with Crippen molar-refractivity contribution in [1.29, 1.82) is 0 Å². The van der Waals surface area contributed by atoms with E-state index in [0.29, 0.717) is 101 Å². The summed E-state index contributed by atoms with van der Waals surface area (Å²) in [5.74, 6) is -1.39. The van der Waals surface area contributed by atoms with Gasteiger partial charge in [-0.2, -0.15) is 0 Å². The third kappa shape index (κ3) is 11.9. The van der Waals surface area contributed by atoms with E-state index in [4.69, 9.17) is 30.8 Å². The van der Waals surface area contributed by atoms with Gasteiger partial charge in [0.2, 0.25) is 23.6 Å². The number of halogens is 2. The van der Waals surface area contributed by atoms with Gasteiger partial charge in [-0.05, 0) is 81.5 Å². The monoisotopic (exact) mass is 904 g/mol. The fourth-order valence-corrected chi connectivity index (χ4v) is 8.74. The highest BCUT2D eigenvalue weighted by Crippen LogP contribution is 2.41. The Bertz CT molecular complexity index is 2260. The number of carbonyl (C=O) groups excluding carboxylic acids is 5. The Balaban J connectivity index is 0.789. The second-order valence-electron chi connectivity index (χ2n) is 15.6. The maximum absolute atomic E-state index is 14.6. The number of thiazole rings is 1. The van der Waals surface area contributed by atoms with E-state index in [1.807, 2.05) is 23.6 Å². The van der Waals surface area contributed by atoms with Gasteiger partial charge in [0.15, 0.2) is 16.7 Å². The van der Waals surface area contributed by atoms with Gasteiger partial charge in [0.05, 0.1) is 42.9 Å². The van der Waals surface area contributed by atoms with Crippen molar-refractivity contribution in [1.82, 2.24) is 30.8 Å². The van der Waals surface area contributed by atoms with Crippen LogP contribution in [-0.4, -0.2) is 103 Å². The van der Waals surface area contributed by atoms with Crippen molar-refractivity contribution in [3.8, 4) is 5.75 Å². The van der Waals surface area contributed by atoms with Gasteiger partial charge in [-0.1, -0.05) is 29.8 Å². The zero-order chi connectivity index (χ0) is 44.2. The maximum atomic E-state index is 14.6. The van der Waals surface area contributed by atoms with E-state index in [1.54, 1.807) is 36.5 Å². The Morgan fingerprint density at radius 2 is 1.76 bits per heavy atom. The maximum Gasteiger partial charge on any atom is 0.255 e. The minimum absolute atomic E-state index is 0.00534. The first-order chi connectivity index (χ1) is 30.6. The Morgan fingerprint density at radius 3 is 2.56 bits per heavy atom. The molecule has 7 rings (SSSR count). The normalized spacial score (nSPS) is 19.7. The van der Waals surface area contributed by atoms with Crippen LogP contribution in [0.1, 0.15) is 66.6 Å². The molecule has 0 radical (unpaired) electrons. The topological polar surface area (TPSA) is 202 Å². The number of carbonyl (C=O) groups is 5. The SMILES string of the molecule is O=C1CCC(N2Cc3c(NC(=O)CNCCCOCCOCCNC(=O)C4(Cc5cccc(Nc6nccs6)n5)CCC(Oc5cccc(Cl)c5F)CC4)cccc3C2=O)C(=O)N1. The molecular formula is C44H50ClFN8O8S. The number of fused-ring (bicyclic) bond motifs is 1. The second-order valence-corrected chi connectivity index (χ2v) is 16.9. The summed E-state index contributed by atoms with van der Waals surface area (Å²) in [7, 11) is 0. The number of nitrogens with zero attached hydrogens (tertiary/aromatic N) is 3. The van der Waals surface area contributed by atoms with E-state index >= 15 is 0 Å². The van der Waals surface area contributed by atoms with E-state index in [9.17, 15) is 28.4 Å². The molecule has 2 fully saturated rings. The lowest BCUT2D eigenvalue weighted by molar-refractivity contribution is -0.137. The van der Waals surface area contributed by atoms with Crippen LogP contribution >= 0.6 is 22.9 Å². The van der Waals surface area contributed by atoms with Gasteiger partial charge < -0.3 is 40.4 Å². The summed E-state index contributed by atoms with van der Waals surface area (Å²) < 4.78 is 32.1. The van der Waals surface area contributed by atoms with Gasteiger partial charge in [0, 0.05) is 66.6 Å². The van der Waals surface area contributed by atoms with Gasteiger partial charge >= 0.3 is 0 Å². The van der Waals surface area contributed by atoms with Crippen molar-refractivity contribution >= 4 is 69.1 Å². The summed E-state index contributed by atoms with van der Waals surface area (Å²) in [6.07, 6.45) is 5.02. The van der Waals surface area contributed by atoms with Gasteiger partial charge in [0.25, 0.3) is 5.91 Å². The summed E-state index contributed by atoms with van der Waals surface area (Å²) in [4.78, 5) is 74.2. The minimum atomic E-state index is -0.763. The van der Waals surface area contributed by atoms with Crippen LogP contribution in [0.2, 0.25) is 5.02 Å². The third-order valence-corrected chi connectivity index (χ3v) is 12.2. The predicted molar refractivity (Wildman–Crippen MR) is 233 cm³/mol. The lowest BCUT2D eigenvalue weighted by Crippen LogP contribution is -2.52. The summed E-state index contributed by atoms with van der Waals surface area (Å²) >= 11 is 7.44. The molecule has 334 valence electrons. The van der Waals surface area contributed by atoms with E-state index in [1.165, 1.54) is 22.3 Å². The van der Waals surface area contributed by atoms with Crippen LogP contribution in [0.25, 0.3) is 0 Å². The standard InChI is InChI=1S/C44H50ClFN8O8S/c45-32-7-3-9-35(39(32)46)62-29-13-15-44(16-14-29,25-28-5-1-10-36(50-28)52-43-49-19-24-63-43)42(59)48-18-21-61-23-22-60-20-4-17-47-26-38(56)51-33-8-2-6-30-31(33)27-54(41(30)58)34-11-12-37(55)53-40(34)57/h1-3,5-10,19,24,29,34,47H,4,11-18,20-23,25-27H2,(H,48,59)(H,51,56)(H,49,50,52)(H,53,55,57). The molecule has 1 atom stereocenters. The Hall–Kier alpha value is -5.53. The van der Waals surface area contributed by atoms with E-state index in [0.717, 1.165) is 10.8 Å². The van der Waals surface area contributed by atoms with Crippen molar-refractivity contribution in [2.24, 2.45) is 5.41 Å². The highest BCUT2D eigenvalue weighted by atomic mass is 35.5. The number of hydrogen-bond acceptors (Lipinski definition) is 13. The Morgan fingerprint density at radius 1 is 0.968 bits per heavy atom. The molecule has 4 heterocycles. The second kappa shape index (κ2) is 21.7. The molecule has 19 heteroatoms. The number of nitrogens with one attached hydrogen (secondary N) is 5. The number of piperidine rings is 1. The summed E-state index contributed by atoms with van der Waals surface area (Å²) in [5, 5.41) is 17.1. The number of rotatable bonds is 21. The Kier molecular flexibility index (Phi) is 15.7. The smallest absolute Gasteiger partial charge is 0.255 e. The Labute approximate surface area is 373 Å². The number of ether oxygens (including phenoxy) is 3. The van der Waals surface area contributed by atoms with Crippen LogP contribution in [0.4, 0.5) is 21.0 Å². The minimum Gasteiger partial charge on any atom is -0.487 e. The molecule has 4 aromatic rings. The zero-order valence-electron chi connectivity index (χ0n) is 34.6.